The molecule has 0 rings (SSSR count). The van der Waals surface area contributed by atoms with E-state index in [2.05, 4.69) is 12.6 Å². The molecular formula is C15H26N2O. The van der Waals surface area contributed by atoms with Gasteiger partial charge in [0.15, 0.2) is 0 Å². The largest absolute Gasteiger partial charge is 0.338 e. The Bertz CT molecular complexity index is 298. The molecule has 0 saturated carbocycles. The molecule has 0 fully saturated rings. The lowest BCUT2D eigenvalue weighted by atomic mass is 9.79. The zero-order valence-corrected chi connectivity index (χ0v) is 12.0. The van der Waals surface area contributed by atoms with E-state index in [-0.39, 0.29) is 5.91 Å². The zero-order chi connectivity index (χ0) is 14.0. The maximum Gasteiger partial charge on any atom is 0.243 e. The SMILES string of the molecule is C=CCN(CCC)C(=O)C(C#N)(CCC)CCC. The first-order chi connectivity index (χ1) is 8.61. The van der Waals surface area contributed by atoms with Crippen LogP contribution >= 0.6 is 0 Å². The molecule has 3 heteroatoms. The van der Waals surface area contributed by atoms with E-state index in [9.17, 15) is 10.1 Å². The van der Waals surface area contributed by atoms with Gasteiger partial charge in [0.2, 0.25) is 5.91 Å². The first-order valence-electron chi connectivity index (χ1n) is 6.93. The lowest BCUT2D eigenvalue weighted by molar-refractivity contribution is -0.139. The first-order valence-corrected chi connectivity index (χ1v) is 6.93. The number of rotatable bonds is 9. The van der Waals surface area contributed by atoms with Gasteiger partial charge in [0.25, 0.3) is 0 Å². The van der Waals surface area contributed by atoms with Crippen LogP contribution in [0.15, 0.2) is 12.7 Å². The lowest BCUT2D eigenvalue weighted by Crippen LogP contribution is -2.43. The summed E-state index contributed by atoms with van der Waals surface area (Å²) in [7, 11) is 0. The third-order valence-electron chi connectivity index (χ3n) is 3.11. The molecule has 102 valence electrons. The van der Waals surface area contributed by atoms with Crippen LogP contribution in [-0.2, 0) is 4.79 Å². The van der Waals surface area contributed by atoms with Crippen LogP contribution in [0.4, 0.5) is 0 Å². The van der Waals surface area contributed by atoms with Crippen LogP contribution in [-0.4, -0.2) is 23.9 Å². The van der Waals surface area contributed by atoms with Gasteiger partial charge in [-0.15, -0.1) is 6.58 Å². The highest BCUT2D eigenvalue weighted by Gasteiger charge is 2.39. The molecule has 0 N–H and O–H groups in total. The average molecular weight is 250 g/mol. The minimum absolute atomic E-state index is 0.0181. The summed E-state index contributed by atoms with van der Waals surface area (Å²) in [6.07, 6.45) is 5.63. The molecule has 18 heavy (non-hydrogen) atoms. The van der Waals surface area contributed by atoms with E-state index in [1.165, 1.54) is 0 Å². The minimum Gasteiger partial charge on any atom is -0.338 e. The summed E-state index contributed by atoms with van der Waals surface area (Å²) >= 11 is 0. The Morgan fingerprint density at radius 2 is 1.83 bits per heavy atom. The van der Waals surface area contributed by atoms with Gasteiger partial charge in [-0.05, 0) is 19.3 Å². The third kappa shape index (κ3) is 4.18. The van der Waals surface area contributed by atoms with Crippen LogP contribution in [0.2, 0.25) is 0 Å². The molecular weight excluding hydrogens is 224 g/mol. The topological polar surface area (TPSA) is 44.1 Å². The Kier molecular flexibility index (Phi) is 8.11. The van der Waals surface area contributed by atoms with Crippen molar-refractivity contribution in [3.05, 3.63) is 12.7 Å². The fraction of sp³-hybridized carbons (Fsp3) is 0.733. The third-order valence-corrected chi connectivity index (χ3v) is 3.11. The van der Waals surface area contributed by atoms with Crippen molar-refractivity contribution < 1.29 is 4.79 Å². The van der Waals surface area contributed by atoms with Gasteiger partial charge < -0.3 is 4.90 Å². The Labute approximate surface area is 111 Å². The number of carbonyl (C=O) groups excluding carboxylic acids is 1. The quantitative estimate of drug-likeness (QED) is 0.588. The molecule has 0 bridgehead atoms. The van der Waals surface area contributed by atoms with Crippen molar-refractivity contribution in [3.8, 4) is 6.07 Å². The van der Waals surface area contributed by atoms with E-state index in [0.717, 1.165) is 19.3 Å². The van der Waals surface area contributed by atoms with Crippen molar-refractivity contribution in [2.75, 3.05) is 13.1 Å². The highest BCUT2D eigenvalue weighted by molar-refractivity contribution is 5.85. The summed E-state index contributed by atoms with van der Waals surface area (Å²) < 4.78 is 0. The van der Waals surface area contributed by atoms with Crippen LogP contribution in [0.1, 0.15) is 52.9 Å². The standard InChI is InChI=1S/C15H26N2O/c1-5-9-15(13-16,10-6-2)14(18)17(11-7-3)12-8-4/h7H,3,5-6,8-12H2,1-2,4H3. The Balaban J connectivity index is 5.12. The van der Waals surface area contributed by atoms with Gasteiger partial charge in [-0.25, -0.2) is 0 Å². The Morgan fingerprint density at radius 3 is 2.17 bits per heavy atom. The van der Waals surface area contributed by atoms with E-state index in [1.807, 2.05) is 20.8 Å². The van der Waals surface area contributed by atoms with Gasteiger partial charge in [0, 0.05) is 13.1 Å². The highest BCUT2D eigenvalue weighted by atomic mass is 16.2. The van der Waals surface area contributed by atoms with Gasteiger partial charge in [0.05, 0.1) is 6.07 Å². The lowest BCUT2D eigenvalue weighted by Gasteiger charge is -2.31. The summed E-state index contributed by atoms with van der Waals surface area (Å²) in [5.41, 5.74) is -0.832. The van der Waals surface area contributed by atoms with Crippen molar-refractivity contribution in [3.63, 3.8) is 0 Å². The van der Waals surface area contributed by atoms with Gasteiger partial charge in [-0.3, -0.25) is 4.79 Å². The maximum absolute atomic E-state index is 12.6. The normalized spacial score (nSPS) is 10.8. The van der Waals surface area contributed by atoms with Gasteiger partial charge in [0.1, 0.15) is 5.41 Å². The molecule has 1 amide bonds. The van der Waals surface area contributed by atoms with E-state index in [1.54, 1.807) is 11.0 Å². The molecule has 0 saturated heterocycles. The Hall–Kier alpha value is -1.30. The predicted octanol–water partition coefficient (Wildman–Crippen LogP) is 3.52. The second kappa shape index (κ2) is 8.74. The van der Waals surface area contributed by atoms with Gasteiger partial charge in [-0.1, -0.05) is 39.7 Å². The first kappa shape index (κ1) is 16.7. The van der Waals surface area contributed by atoms with Crippen LogP contribution in [0.25, 0.3) is 0 Å². The minimum atomic E-state index is -0.832. The molecule has 0 unspecified atom stereocenters. The average Bonchev–Trinajstić information content (AvgIpc) is 2.37. The maximum atomic E-state index is 12.6. The van der Waals surface area contributed by atoms with E-state index in [0.29, 0.717) is 25.9 Å². The molecule has 0 spiro atoms. The van der Waals surface area contributed by atoms with Gasteiger partial charge in [-0.2, -0.15) is 5.26 Å². The molecule has 0 atom stereocenters. The van der Waals surface area contributed by atoms with Crippen LogP contribution in [0, 0.1) is 16.7 Å². The van der Waals surface area contributed by atoms with Gasteiger partial charge >= 0.3 is 0 Å². The summed E-state index contributed by atoms with van der Waals surface area (Å²) in [6, 6.07) is 2.29. The predicted molar refractivity (Wildman–Crippen MR) is 74.9 cm³/mol. The number of nitrogens with zero attached hydrogens (tertiary/aromatic N) is 2. The monoisotopic (exact) mass is 250 g/mol. The van der Waals surface area contributed by atoms with Crippen molar-refractivity contribution in [2.45, 2.75) is 52.9 Å². The zero-order valence-electron chi connectivity index (χ0n) is 12.0. The van der Waals surface area contributed by atoms with Crippen LogP contribution < -0.4 is 0 Å². The van der Waals surface area contributed by atoms with Crippen LogP contribution in [0.5, 0.6) is 0 Å². The molecule has 0 radical (unpaired) electrons. The second-order valence-corrected chi connectivity index (χ2v) is 4.73. The Morgan fingerprint density at radius 1 is 1.28 bits per heavy atom. The molecule has 0 aliphatic carbocycles. The molecule has 0 aliphatic rings. The van der Waals surface area contributed by atoms with Crippen molar-refractivity contribution in [1.29, 1.82) is 5.26 Å². The number of hydrogen-bond acceptors (Lipinski definition) is 2. The number of hydrogen-bond donors (Lipinski definition) is 0. The molecule has 0 aromatic carbocycles. The molecule has 0 aliphatic heterocycles. The smallest absolute Gasteiger partial charge is 0.243 e. The summed E-state index contributed by atoms with van der Waals surface area (Å²) in [4.78, 5) is 14.4. The number of nitriles is 1. The fourth-order valence-electron chi connectivity index (χ4n) is 2.36. The molecule has 0 heterocycles. The van der Waals surface area contributed by atoms with Crippen LogP contribution in [0.3, 0.4) is 0 Å². The fourth-order valence-corrected chi connectivity index (χ4v) is 2.36. The molecule has 3 nitrogen and oxygen atoms in total. The summed E-state index contributed by atoms with van der Waals surface area (Å²) in [5, 5.41) is 9.47. The molecule has 0 aromatic heterocycles. The second-order valence-electron chi connectivity index (χ2n) is 4.73. The summed E-state index contributed by atoms with van der Waals surface area (Å²) in [5.74, 6) is -0.0181. The van der Waals surface area contributed by atoms with E-state index >= 15 is 0 Å². The highest BCUT2D eigenvalue weighted by Crippen LogP contribution is 2.31. The van der Waals surface area contributed by atoms with Crippen molar-refractivity contribution in [2.24, 2.45) is 5.41 Å². The summed E-state index contributed by atoms with van der Waals surface area (Å²) in [6.45, 7) is 11.0. The number of carbonyl (C=O) groups is 1. The molecule has 0 aromatic rings. The number of amides is 1. The van der Waals surface area contributed by atoms with Crippen molar-refractivity contribution >= 4 is 5.91 Å². The van der Waals surface area contributed by atoms with E-state index in [4.69, 9.17) is 0 Å². The van der Waals surface area contributed by atoms with Crippen molar-refractivity contribution in [1.82, 2.24) is 4.90 Å². The van der Waals surface area contributed by atoms with E-state index < -0.39 is 5.41 Å².